The lowest BCUT2D eigenvalue weighted by atomic mass is 10.1. The molecule has 0 bridgehead atoms. The molecule has 1 aromatic carbocycles. The molecule has 0 radical (unpaired) electrons. The molecule has 0 spiro atoms. The van der Waals surface area contributed by atoms with Crippen LogP contribution in [0, 0.1) is 13.8 Å². The van der Waals surface area contributed by atoms with Gasteiger partial charge in [0, 0.05) is 35.9 Å². The quantitative estimate of drug-likeness (QED) is 0.638. The zero-order valence-electron chi connectivity index (χ0n) is 14.7. The molecule has 4 N–H and O–H groups in total. The van der Waals surface area contributed by atoms with E-state index in [4.69, 9.17) is 10.2 Å². The van der Waals surface area contributed by atoms with Crippen LogP contribution in [-0.4, -0.2) is 22.9 Å². The Morgan fingerprint density at radius 2 is 1.96 bits per heavy atom. The second-order valence-electron chi connectivity index (χ2n) is 5.92. The molecule has 0 aliphatic rings. The number of hydrogen-bond donors (Lipinski definition) is 3. The van der Waals surface area contributed by atoms with Crippen molar-refractivity contribution in [2.75, 3.05) is 17.7 Å². The fourth-order valence-corrected chi connectivity index (χ4v) is 2.89. The summed E-state index contributed by atoms with van der Waals surface area (Å²) in [5.41, 5.74) is 6.68. The second-order valence-corrected chi connectivity index (χ2v) is 5.92. The zero-order chi connectivity index (χ0) is 19.9. The highest BCUT2D eigenvalue weighted by atomic mass is 19.4. The van der Waals surface area contributed by atoms with Gasteiger partial charge in [-0.15, -0.1) is 0 Å². The maximum atomic E-state index is 12.9. The zero-order valence-corrected chi connectivity index (χ0v) is 14.7. The number of aryl methyl sites for hydroxylation is 2. The van der Waals surface area contributed by atoms with Crippen molar-refractivity contribution in [2.24, 2.45) is 5.73 Å². The number of nitrogens with one attached hydrogen (secondary N) is 2. The normalized spacial score (nSPS) is 11.6. The molecule has 7 nitrogen and oxygen atoms in total. The van der Waals surface area contributed by atoms with Gasteiger partial charge >= 0.3 is 6.18 Å². The number of nitrogens with zero attached hydrogens (tertiary/aromatic N) is 2. The number of amides is 1. The molecule has 0 unspecified atom stereocenters. The first-order valence-electron chi connectivity index (χ1n) is 7.84. The van der Waals surface area contributed by atoms with Gasteiger partial charge in [-0.3, -0.25) is 4.79 Å². The lowest BCUT2D eigenvalue weighted by molar-refractivity contribution is -0.137. The highest BCUT2D eigenvalue weighted by molar-refractivity contribution is 5.99. The lowest BCUT2D eigenvalue weighted by Gasteiger charge is -2.13. The van der Waals surface area contributed by atoms with Crippen LogP contribution in [0.4, 0.5) is 30.6 Å². The Balaban J connectivity index is 2.01. The smallest absolute Gasteiger partial charge is 0.421 e. The Morgan fingerprint density at radius 3 is 2.56 bits per heavy atom. The van der Waals surface area contributed by atoms with Gasteiger partial charge in [0.05, 0.1) is 0 Å². The van der Waals surface area contributed by atoms with Crippen LogP contribution in [0.1, 0.15) is 27.2 Å². The third-order valence-electron chi connectivity index (χ3n) is 4.04. The van der Waals surface area contributed by atoms with E-state index in [0.29, 0.717) is 23.0 Å². The number of furan rings is 1. The van der Waals surface area contributed by atoms with Gasteiger partial charge in [0.25, 0.3) is 5.91 Å². The number of primary amides is 1. The Labute approximate surface area is 151 Å². The molecule has 1 amide bonds. The van der Waals surface area contributed by atoms with Crippen molar-refractivity contribution in [3.05, 3.63) is 40.8 Å². The van der Waals surface area contributed by atoms with E-state index >= 15 is 0 Å². The number of alkyl halides is 3. The second kappa shape index (κ2) is 6.45. The molecule has 0 aliphatic heterocycles. The summed E-state index contributed by atoms with van der Waals surface area (Å²) in [6.45, 7) is 3.54. The van der Waals surface area contributed by atoms with Crippen LogP contribution in [0.25, 0.3) is 11.0 Å². The predicted octanol–water partition coefficient (Wildman–Crippen LogP) is 3.74. The predicted molar refractivity (Wildman–Crippen MR) is 94.1 cm³/mol. The van der Waals surface area contributed by atoms with Gasteiger partial charge in [-0.2, -0.15) is 18.2 Å². The summed E-state index contributed by atoms with van der Waals surface area (Å²) in [6, 6.07) is 3.34. The number of anilines is 3. The van der Waals surface area contributed by atoms with Crippen LogP contribution >= 0.6 is 0 Å². The van der Waals surface area contributed by atoms with E-state index in [1.807, 2.05) is 6.92 Å². The number of halogens is 3. The average Bonchev–Trinajstić information content (AvgIpc) is 2.91. The minimum atomic E-state index is -4.57. The molecule has 27 heavy (non-hydrogen) atoms. The molecule has 3 aromatic rings. The number of rotatable bonds is 4. The van der Waals surface area contributed by atoms with Crippen molar-refractivity contribution in [2.45, 2.75) is 20.0 Å². The maximum absolute atomic E-state index is 12.9. The SMILES string of the molecule is CNc1nc(Nc2cc(C)c3c(C)c(C(N)=O)oc3c2)ncc1C(F)(F)F. The molecule has 0 saturated heterocycles. The first-order valence-corrected chi connectivity index (χ1v) is 7.84. The van der Waals surface area contributed by atoms with Crippen molar-refractivity contribution in [3.63, 3.8) is 0 Å². The molecule has 2 aromatic heterocycles. The third-order valence-corrected chi connectivity index (χ3v) is 4.04. The van der Waals surface area contributed by atoms with Crippen molar-refractivity contribution in [1.29, 1.82) is 0 Å². The first-order chi connectivity index (χ1) is 12.6. The highest BCUT2D eigenvalue weighted by Gasteiger charge is 2.35. The van der Waals surface area contributed by atoms with Gasteiger partial charge in [-0.05, 0) is 25.5 Å². The number of carbonyl (C=O) groups excluding carboxylic acids is 1. The third kappa shape index (κ3) is 3.37. The molecule has 2 heterocycles. The molecule has 142 valence electrons. The molecule has 10 heteroatoms. The van der Waals surface area contributed by atoms with Gasteiger partial charge in [0.1, 0.15) is 17.0 Å². The standard InChI is InChI=1S/C17H16F3N5O2/c1-7-4-9(5-11-12(7)8(2)13(27-11)14(21)26)24-16-23-6-10(17(18,19)20)15(22-3)25-16/h4-6H,1-3H3,(H2,21,26)(H2,22,23,24,25). The van der Waals surface area contributed by atoms with Crippen molar-refractivity contribution in [3.8, 4) is 0 Å². The lowest BCUT2D eigenvalue weighted by Crippen LogP contribution is -2.12. The number of fused-ring (bicyclic) bond motifs is 1. The minimum absolute atomic E-state index is 0.0236. The first kappa shape index (κ1) is 18.5. The summed E-state index contributed by atoms with van der Waals surface area (Å²) in [5, 5.41) is 6.00. The van der Waals surface area contributed by atoms with Crippen LogP contribution in [0.15, 0.2) is 22.7 Å². The maximum Gasteiger partial charge on any atom is 0.421 e. The Bertz CT molecular complexity index is 1040. The van der Waals surface area contributed by atoms with E-state index in [1.165, 1.54) is 7.05 Å². The van der Waals surface area contributed by atoms with E-state index in [-0.39, 0.29) is 17.5 Å². The Kier molecular flexibility index (Phi) is 4.42. The number of hydrogen-bond acceptors (Lipinski definition) is 6. The fraction of sp³-hybridized carbons (Fsp3) is 0.235. The van der Waals surface area contributed by atoms with Crippen LogP contribution < -0.4 is 16.4 Å². The largest absolute Gasteiger partial charge is 0.451 e. The monoisotopic (exact) mass is 379 g/mol. The Morgan fingerprint density at radius 1 is 1.26 bits per heavy atom. The van der Waals surface area contributed by atoms with Crippen molar-refractivity contribution in [1.82, 2.24) is 9.97 Å². The summed E-state index contributed by atoms with van der Waals surface area (Å²) >= 11 is 0. The van der Waals surface area contributed by atoms with E-state index in [1.54, 1.807) is 19.1 Å². The van der Waals surface area contributed by atoms with Crippen LogP contribution in [0.5, 0.6) is 0 Å². The van der Waals surface area contributed by atoms with Crippen LogP contribution in [0.2, 0.25) is 0 Å². The molecular weight excluding hydrogens is 363 g/mol. The van der Waals surface area contributed by atoms with Crippen LogP contribution in [0.3, 0.4) is 0 Å². The van der Waals surface area contributed by atoms with Gasteiger partial charge in [-0.25, -0.2) is 4.98 Å². The number of aromatic nitrogens is 2. The number of carbonyl (C=O) groups is 1. The number of nitrogens with two attached hydrogens (primary N) is 1. The molecule has 0 atom stereocenters. The van der Waals surface area contributed by atoms with E-state index in [2.05, 4.69) is 20.6 Å². The van der Waals surface area contributed by atoms with Crippen molar-refractivity contribution < 1.29 is 22.4 Å². The van der Waals surface area contributed by atoms with E-state index < -0.39 is 17.6 Å². The molecule has 0 aliphatic carbocycles. The molecule has 0 fully saturated rings. The topological polar surface area (TPSA) is 106 Å². The molecular formula is C17H16F3N5O2. The summed E-state index contributed by atoms with van der Waals surface area (Å²) in [4.78, 5) is 19.0. The molecule has 3 rings (SSSR count). The fourth-order valence-electron chi connectivity index (χ4n) is 2.89. The van der Waals surface area contributed by atoms with Gasteiger partial charge in [0.2, 0.25) is 5.95 Å². The van der Waals surface area contributed by atoms with Crippen LogP contribution in [-0.2, 0) is 6.18 Å². The summed E-state index contributed by atoms with van der Waals surface area (Å²) in [7, 11) is 1.34. The summed E-state index contributed by atoms with van der Waals surface area (Å²) in [5.74, 6) is -0.983. The summed E-state index contributed by atoms with van der Waals surface area (Å²) < 4.78 is 44.3. The average molecular weight is 379 g/mol. The van der Waals surface area contributed by atoms with E-state index in [9.17, 15) is 18.0 Å². The Hall–Kier alpha value is -3.30. The molecule has 0 saturated carbocycles. The summed E-state index contributed by atoms with van der Waals surface area (Å²) in [6.07, 6.45) is -3.86. The number of benzene rings is 1. The van der Waals surface area contributed by atoms with E-state index in [0.717, 1.165) is 10.9 Å². The highest BCUT2D eigenvalue weighted by Crippen LogP contribution is 2.35. The van der Waals surface area contributed by atoms with Gasteiger partial charge in [0.15, 0.2) is 5.76 Å². The van der Waals surface area contributed by atoms with Gasteiger partial charge in [-0.1, -0.05) is 0 Å². The van der Waals surface area contributed by atoms with Gasteiger partial charge < -0.3 is 20.8 Å². The minimum Gasteiger partial charge on any atom is -0.451 e. The van der Waals surface area contributed by atoms with Crippen molar-refractivity contribution >= 4 is 34.3 Å².